The highest BCUT2D eigenvalue weighted by atomic mass is 19.1. The largest absolute Gasteiger partial charge is 0.355 e. The molecule has 2 aromatic heterocycles. The Kier molecular flexibility index (Phi) is 3.15. The molecule has 7 heteroatoms. The van der Waals surface area contributed by atoms with Gasteiger partial charge in [-0.05, 0) is 18.2 Å². The zero-order valence-corrected chi connectivity index (χ0v) is 10.7. The van der Waals surface area contributed by atoms with Gasteiger partial charge >= 0.3 is 0 Å². The predicted octanol–water partition coefficient (Wildman–Crippen LogP) is 3.42. The highest BCUT2D eigenvalue weighted by Crippen LogP contribution is 2.26. The number of hydrogen-bond acceptors (Lipinski definition) is 5. The normalized spacial score (nSPS) is 10.5. The average molecular weight is 284 g/mol. The molecule has 0 aliphatic rings. The van der Waals surface area contributed by atoms with Gasteiger partial charge in [-0.3, -0.25) is 15.1 Å². The van der Waals surface area contributed by atoms with Crippen LogP contribution in [-0.4, -0.2) is 14.9 Å². The molecular weight excluding hydrogens is 275 g/mol. The van der Waals surface area contributed by atoms with Gasteiger partial charge in [0, 0.05) is 41.2 Å². The highest BCUT2D eigenvalue weighted by molar-refractivity contribution is 5.92. The molecule has 0 fully saturated rings. The van der Waals surface area contributed by atoms with E-state index in [1.54, 1.807) is 24.4 Å². The summed E-state index contributed by atoms with van der Waals surface area (Å²) in [5.74, 6) is -0.595. The zero-order chi connectivity index (χ0) is 14.8. The number of nitro groups is 1. The molecule has 0 aliphatic carbocycles. The monoisotopic (exact) mass is 284 g/mol. The Morgan fingerprint density at radius 3 is 2.62 bits per heavy atom. The number of pyridine rings is 2. The first kappa shape index (κ1) is 12.9. The molecule has 0 amide bonds. The smallest absolute Gasteiger partial charge is 0.269 e. The van der Waals surface area contributed by atoms with E-state index in [0.29, 0.717) is 22.3 Å². The Morgan fingerprint density at radius 2 is 1.90 bits per heavy atom. The molecule has 0 saturated carbocycles. The van der Waals surface area contributed by atoms with E-state index in [1.165, 1.54) is 24.4 Å². The van der Waals surface area contributed by atoms with Crippen molar-refractivity contribution in [3.63, 3.8) is 0 Å². The lowest BCUT2D eigenvalue weighted by atomic mass is 10.2. The molecule has 21 heavy (non-hydrogen) atoms. The van der Waals surface area contributed by atoms with Crippen LogP contribution in [0, 0.1) is 16.1 Å². The van der Waals surface area contributed by atoms with Gasteiger partial charge in [-0.25, -0.2) is 4.98 Å². The SMILES string of the molecule is O=[N+]([O-])c1ccc(Nc2ccnc3cnc(F)cc23)cc1. The fourth-order valence-corrected chi connectivity index (χ4v) is 1.95. The summed E-state index contributed by atoms with van der Waals surface area (Å²) in [5, 5.41) is 14.3. The molecule has 104 valence electrons. The third-order valence-corrected chi connectivity index (χ3v) is 2.95. The highest BCUT2D eigenvalue weighted by Gasteiger charge is 2.07. The Labute approximate surface area is 118 Å². The summed E-state index contributed by atoms with van der Waals surface area (Å²) in [6.45, 7) is 0. The summed E-state index contributed by atoms with van der Waals surface area (Å²) in [5.41, 5.74) is 1.87. The van der Waals surface area contributed by atoms with Crippen LogP contribution in [0.15, 0.2) is 48.8 Å². The number of rotatable bonds is 3. The lowest BCUT2D eigenvalue weighted by Gasteiger charge is -2.09. The molecule has 0 aliphatic heterocycles. The van der Waals surface area contributed by atoms with E-state index in [0.717, 1.165) is 0 Å². The van der Waals surface area contributed by atoms with E-state index in [1.807, 2.05) is 0 Å². The van der Waals surface area contributed by atoms with Gasteiger partial charge in [-0.1, -0.05) is 0 Å². The first-order valence-electron chi connectivity index (χ1n) is 6.05. The number of non-ortho nitro benzene ring substituents is 1. The summed E-state index contributed by atoms with van der Waals surface area (Å²) >= 11 is 0. The second-order valence-electron chi connectivity index (χ2n) is 4.31. The standard InChI is InChI=1S/C14H9FN4O2/c15-14-7-11-12(5-6-16-13(11)8-17-14)18-9-1-3-10(4-2-9)19(20)21/h1-8H,(H,16,18). The predicted molar refractivity (Wildman–Crippen MR) is 75.9 cm³/mol. The summed E-state index contributed by atoms with van der Waals surface area (Å²) in [6.07, 6.45) is 2.93. The van der Waals surface area contributed by atoms with Crippen LogP contribution in [-0.2, 0) is 0 Å². The molecule has 3 rings (SSSR count). The summed E-state index contributed by atoms with van der Waals surface area (Å²) in [4.78, 5) is 17.8. The Hall–Kier alpha value is -3.09. The van der Waals surface area contributed by atoms with Crippen molar-refractivity contribution in [2.24, 2.45) is 0 Å². The fraction of sp³-hybridized carbons (Fsp3) is 0. The van der Waals surface area contributed by atoms with Crippen molar-refractivity contribution in [2.45, 2.75) is 0 Å². The Balaban J connectivity index is 1.97. The number of nitrogens with one attached hydrogen (secondary N) is 1. The van der Waals surface area contributed by atoms with Crippen molar-refractivity contribution in [3.05, 3.63) is 64.9 Å². The van der Waals surface area contributed by atoms with E-state index in [2.05, 4.69) is 15.3 Å². The van der Waals surface area contributed by atoms with Crippen molar-refractivity contribution in [3.8, 4) is 0 Å². The first-order chi connectivity index (χ1) is 10.1. The van der Waals surface area contributed by atoms with Crippen LogP contribution in [0.1, 0.15) is 0 Å². The van der Waals surface area contributed by atoms with E-state index in [4.69, 9.17) is 0 Å². The van der Waals surface area contributed by atoms with Crippen LogP contribution in [0.2, 0.25) is 0 Å². The average Bonchev–Trinajstić information content (AvgIpc) is 2.48. The van der Waals surface area contributed by atoms with Gasteiger partial charge in [0.25, 0.3) is 5.69 Å². The van der Waals surface area contributed by atoms with E-state index < -0.39 is 10.9 Å². The molecule has 1 aromatic carbocycles. The second-order valence-corrected chi connectivity index (χ2v) is 4.31. The molecule has 0 atom stereocenters. The maximum absolute atomic E-state index is 13.3. The maximum Gasteiger partial charge on any atom is 0.269 e. The maximum atomic E-state index is 13.3. The van der Waals surface area contributed by atoms with Gasteiger partial charge in [0.2, 0.25) is 5.95 Å². The van der Waals surface area contributed by atoms with Gasteiger partial charge in [0.05, 0.1) is 16.6 Å². The van der Waals surface area contributed by atoms with Crippen LogP contribution in [0.25, 0.3) is 10.9 Å². The number of benzene rings is 1. The summed E-state index contributed by atoms with van der Waals surface area (Å²) in [7, 11) is 0. The van der Waals surface area contributed by atoms with Crippen LogP contribution in [0.5, 0.6) is 0 Å². The van der Waals surface area contributed by atoms with Gasteiger partial charge in [-0.2, -0.15) is 4.39 Å². The number of hydrogen-bond donors (Lipinski definition) is 1. The van der Waals surface area contributed by atoms with E-state index in [-0.39, 0.29) is 5.69 Å². The van der Waals surface area contributed by atoms with Crippen LogP contribution in [0.4, 0.5) is 21.5 Å². The summed E-state index contributed by atoms with van der Waals surface area (Å²) < 4.78 is 13.3. The molecule has 2 heterocycles. The van der Waals surface area contributed by atoms with Crippen LogP contribution in [0.3, 0.4) is 0 Å². The summed E-state index contributed by atoms with van der Waals surface area (Å²) in [6, 6.07) is 8.95. The minimum atomic E-state index is -0.595. The number of fused-ring (bicyclic) bond motifs is 1. The van der Waals surface area contributed by atoms with Crippen molar-refractivity contribution in [1.82, 2.24) is 9.97 Å². The zero-order valence-electron chi connectivity index (χ0n) is 10.7. The molecule has 1 N–H and O–H groups in total. The third kappa shape index (κ3) is 2.62. The third-order valence-electron chi connectivity index (χ3n) is 2.95. The first-order valence-corrected chi connectivity index (χ1v) is 6.05. The minimum Gasteiger partial charge on any atom is -0.355 e. The minimum absolute atomic E-state index is 0.00961. The molecule has 0 bridgehead atoms. The Morgan fingerprint density at radius 1 is 1.14 bits per heavy atom. The van der Waals surface area contributed by atoms with Crippen molar-refractivity contribution < 1.29 is 9.31 Å². The number of halogens is 1. The molecule has 0 saturated heterocycles. The van der Waals surface area contributed by atoms with Crippen molar-refractivity contribution in [1.29, 1.82) is 0 Å². The van der Waals surface area contributed by atoms with Crippen LogP contribution < -0.4 is 5.32 Å². The van der Waals surface area contributed by atoms with E-state index in [9.17, 15) is 14.5 Å². The number of anilines is 2. The van der Waals surface area contributed by atoms with Gasteiger partial charge in [0.1, 0.15) is 0 Å². The Bertz CT molecular complexity index is 821. The quantitative estimate of drug-likeness (QED) is 0.453. The number of nitro benzene ring substituents is 1. The lowest BCUT2D eigenvalue weighted by molar-refractivity contribution is -0.384. The van der Waals surface area contributed by atoms with Gasteiger partial charge in [0.15, 0.2) is 0 Å². The van der Waals surface area contributed by atoms with Gasteiger partial charge < -0.3 is 5.32 Å². The molecule has 0 spiro atoms. The van der Waals surface area contributed by atoms with E-state index >= 15 is 0 Å². The van der Waals surface area contributed by atoms with Crippen molar-refractivity contribution >= 4 is 28.0 Å². The molecule has 6 nitrogen and oxygen atoms in total. The topological polar surface area (TPSA) is 81.0 Å². The lowest BCUT2D eigenvalue weighted by Crippen LogP contribution is -1.95. The van der Waals surface area contributed by atoms with Crippen molar-refractivity contribution in [2.75, 3.05) is 5.32 Å². The number of aromatic nitrogens is 2. The molecule has 3 aromatic rings. The second kappa shape index (κ2) is 5.12. The molecule has 0 radical (unpaired) electrons. The molecular formula is C14H9FN4O2. The van der Waals surface area contributed by atoms with Gasteiger partial charge in [-0.15, -0.1) is 0 Å². The number of nitrogens with zero attached hydrogens (tertiary/aromatic N) is 3. The van der Waals surface area contributed by atoms with Crippen LogP contribution >= 0.6 is 0 Å². The fourth-order valence-electron chi connectivity index (χ4n) is 1.95. The molecule has 0 unspecified atom stereocenters.